The highest BCUT2D eigenvalue weighted by molar-refractivity contribution is 6.14. The lowest BCUT2D eigenvalue weighted by atomic mass is 9.63. The normalized spacial score (nSPS) is 18.0. The Bertz CT molecular complexity index is 2500. The van der Waals surface area contributed by atoms with E-state index in [-0.39, 0.29) is 10.8 Å². The molecule has 1 spiro atoms. The Morgan fingerprint density at radius 3 is 1.87 bits per heavy atom. The molecule has 0 amide bonds. The Hall–Kier alpha value is -5.40. The minimum atomic E-state index is -0.383. The van der Waals surface area contributed by atoms with Gasteiger partial charge in [0.25, 0.3) is 0 Å². The fraction of sp³-hybridized carbons (Fsp3) is 0.0909. The number of rotatable bonds is 1. The van der Waals surface area contributed by atoms with Crippen molar-refractivity contribution in [3.05, 3.63) is 167 Å². The Morgan fingerprint density at radius 1 is 0.422 bits per heavy atom. The molecule has 0 saturated heterocycles. The van der Waals surface area contributed by atoms with Crippen LogP contribution in [-0.4, -0.2) is 0 Å². The Balaban J connectivity index is 1.28. The summed E-state index contributed by atoms with van der Waals surface area (Å²) in [6.07, 6.45) is 0. The molecule has 7 aromatic rings. The molecule has 1 aliphatic heterocycles. The molecule has 0 saturated carbocycles. The average molecular weight is 573 g/mol. The van der Waals surface area contributed by atoms with E-state index < -0.39 is 0 Å². The summed E-state index contributed by atoms with van der Waals surface area (Å²) in [5, 5.41) is 2.71. The van der Waals surface area contributed by atoms with Crippen LogP contribution in [0.4, 0.5) is 0 Å². The molecule has 1 unspecified atom stereocenters. The second-order valence-electron chi connectivity index (χ2n) is 13.6. The van der Waals surface area contributed by atoms with Crippen LogP contribution in [-0.2, 0) is 10.8 Å². The highest BCUT2D eigenvalue weighted by Gasteiger charge is 2.56. The second kappa shape index (κ2) is 7.81. The summed E-state index contributed by atoms with van der Waals surface area (Å²) in [6.45, 7) is 4.65. The van der Waals surface area contributed by atoms with Gasteiger partial charge in [0.15, 0.2) is 0 Å². The molecule has 3 aliphatic carbocycles. The lowest BCUT2D eigenvalue weighted by Crippen LogP contribution is -2.29. The van der Waals surface area contributed by atoms with Gasteiger partial charge in [0, 0.05) is 16.5 Å². The highest BCUT2D eigenvalue weighted by atomic mass is 16.5. The zero-order valence-corrected chi connectivity index (χ0v) is 25.1. The third-order valence-corrected chi connectivity index (χ3v) is 11.2. The smallest absolute Gasteiger partial charge is 0.131 e. The van der Waals surface area contributed by atoms with Gasteiger partial charge < -0.3 is 4.74 Å². The van der Waals surface area contributed by atoms with E-state index in [2.05, 4.69) is 147 Å². The van der Waals surface area contributed by atoms with Gasteiger partial charge in [-0.3, -0.25) is 0 Å². The van der Waals surface area contributed by atoms with Gasteiger partial charge in [-0.05, 0) is 95.7 Å². The maximum atomic E-state index is 6.49. The number of hydrogen-bond donors (Lipinski definition) is 0. The molecule has 1 heteroatoms. The van der Waals surface area contributed by atoms with Gasteiger partial charge in [0.05, 0.1) is 5.41 Å². The van der Waals surface area contributed by atoms with Crippen molar-refractivity contribution >= 4 is 10.8 Å². The molecule has 0 fully saturated rings. The Labute approximate surface area is 262 Å². The van der Waals surface area contributed by atoms with E-state index in [0.717, 1.165) is 11.5 Å². The Morgan fingerprint density at radius 2 is 1.02 bits per heavy atom. The molecule has 0 aromatic heterocycles. The van der Waals surface area contributed by atoms with Gasteiger partial charge in [-0.15, -0.1) is 0 Å². The maximum Gasteiger partial charge on any atom is 0.131 e. The zero-order chi connectivity index (χ0) is 29.7. The standard InChI is InChI=1S/C44H28O/c1-43(2)35-18-5-6-19-37(35)45-38-23-21-26(24-36(38)43)27-12-8-15-31-32-16-9-14-30-29-13-7-10-25-20-22-33-28-11-3-4-17-34(28)44(40(27)31,41(30)32)42(33)39(25)29/h3-24H,1-2H3. The topological polar surface area (TPSA) is 9.23 Å². The monoisotopic (exact) mass is 572 g/mol. The SMILES string of the molecule is CC1(C)c2ccccc2Oc2ccc(-c3cccc4c3C35c6ccccc6-c6ccc7cccc(c7c63)-c3cccc-4c35)cc21. The van der Waals surface area contributed by atoms with E-state index in [0.29, 0.717) is 0 Å². The van der Waals surface area contributed by atoms with E-state index >= 15 is 0 Å². The lowest BCUT2D eigenvalue weighted by Gasteiger charge is -2.38. The number of para-hydroxylation sites is 1. The van der Waals surface area contributed by atoms with Crippen LogP contribution in [0.2, 0.25) is 0 Å². The van der Waals surface area contributed by atoms with Crippen LogP contribution < -0.4 is 4.74 Å². The van der Waals surface area contributed by atoms with E-state index in [1.807, 2.05) is 0 Å². The minimum Gasteiger partial charge on any atom is -0.457 e. The van der Waals surface area contributed by atoms with Gasteiger partial charge in [-0.2, -0.15) is 0 Å². The van der Waals surface area contributed by atoms with Crippen LogP contribution in [0.1, 0.15) is 47.2 Å². The molecule has 4 aliphatic rings. The average Bonchev–Trinajstić information content (AvgIpc) is 3.56. The van der Waals surface area contributed by atoms with Crippen LogP contribution in [0.3, 0.4) is 0 Å². The molecule has 0 N–H and O–H groups in total. The quantitative estimate of drug-likeness (QED) is 0.190. The van der Waals surface area contributed by atoms with Crippen molar-refractivity contribution < 1.29 is 4.74 Å². The summed E-state index contributed by atoms with van der Waals surface area (Å²) >= 11 is 0. The van der Waals surface area contributed by atoms with Gasteiger partial charge in [0.1, 0.15) is 11.5 Å². The summed E-state index contributed by atoms with van der Waals surface area (Å²) in [5.74, 6) is 1.90. The van der Waals surface area contributed by atoms with Crippen molar-refractivity contribution in [2.75, 3.05) is 0 Å². The van der Waals surface area contributed by atoms with E-state index in [1.54, 1.807) is 0 Å². The number of ether oxygens (including phenoxy) is 1. The van der Waals surface area contributed by atoms with Crippen LogP contribution in [0, 0.1) is 0 Å². The minimum absolute atomic E-state index is 0.185. The summed E-state index contributed by atoms with van der Waals surface area (Å²) in [6, 6.07) is 50.0. The fourth-order valence-corrected chi connectivity index (χ4v) is 9.48. The first kappa shape index (κ1) is 24.0. The fourth-order valence-electron chi connectivity index (χ4n) is 9.48. The van der Waals surface area contributed by atoms with Crippen LogP contribution in [0.15, 0.2) is 133 Å². The molecule has 0 bridgehead atoms. The highest BCUT2D eigenvalue weighted by Crippen LogP contribution is 2.69. The molecular weight excluding hydrogens is 544 g/mol. The molecule has 1 atom stereocenters. The molecule has 11 rings (SSSR count). The predicted octanol–water partition coefficient (Wildman–Crippen LogP) is 11.3. The molecule has 1 nitrogen and oxygen atoms in total. The number of benzene rings is 7. The zero-order valence-electron chi connectivity index (χ0n) is 25.1. The Kier molecular flexibility index (Phi) is 4.16. The van der Waals surface area contributed by atoms with Crippen molar-refractivity contribution in [3.63, 3.8) is 0 Å². The first-order valence-electron chi connectivity index (χ1n) is 15.9. The molecule has 210 valence electrons. The van der Waals surface area contributed by atoms with Gasteiger partial charge >= 0.3 is 0 Å². The number of hydrogen-bond acceptors (Lipinski definition) is 1. The van der Waals surface area contributed by atoms with Crippen molar-refractivity contribution in [2.45, 2.75) is 24.7 Å². The van der Waals surface area contributed by atoms with E-state index in [9.17, 15) is 0 Å². The second-order valence-corrected chi connectivity index (χ2v) is 13.6. The van der Waals surface area contributed by atoms with Crippen molar-refractivity contribution in [1.29, 1.82) is 0 Å². The molecule has 45 heavy (non-hydrogen) atoms. The lowest BCUT2D eigenvalue weighted by molar-refractivity contribution is 0.418. The predicted molar refractivity (Wildman–Crippen MR) is 183 cm³/mol. The number of fused-ring (bicyclic) bond motifs is 7. The summed E-state index contributed by atoms with van der Waals surface area (Å²) < 4.78 is 6.49. The van der Waals surface area contributed by atoms with Crippen molar-refractivity contribution in [1.82, 2.24) is 0 Å². The van der Waals surface area contributed by atoms with Crippen LogP contribution in [0.25, 0.3) is 55.3 Å². The van der Waals surface area contributed by atoms with Gasteiger partial charge in [0.2, 0.25) is 0 Å². The van der Waals surface area contributed by atoms with Crippen LogP contribution in [0.5, 0.6) is 11.5 Å². The van der Waals surface area contributed by atoms with Gasteiger partial charge in [-0.25, -0.2) is 0 Å². The molecule has 7 aromatic carbocycles. The first-order chi connectivity index (χ1) is 22.1. The largest absolute Gasteiger partial charge is 0.457 e. The van der Waals surface area contributed by atoms with Gasteiger partial charge in [-0.1, -0.05) is 129 Å². The van der Waals surface area contributed by atoms with Crippen molar-refractivity contribution in [3.8, 4) is 56.0 Å². The van der Waals surface area contributed by atoms with E-state index in [4.69, 9.17) is 4.74 Å². The molecular formula is C44H28O. The summed E-state index contributed by atoms with van der Waals surface area (Å²) in [4.78, 5) is 0. The van der Waals surface area contributed by atoms with E-state index in [1.165, 1.54) is 88.7 Å². The van der Waals surface area contributed by atoms with Crippen molar-refractivity contribution in [2.24, 2.45) is 0 Å². The molecule has 1 heterocycles. The summed E-state index contributed by atoms with van der Waals surface area (Å²) in [5.41, 5.74) is 18.3. The third kappa shape index (κ3) is 2.62. The first-order valence-corrected chi connectivity index (χ1v) is 15.9. The third-order valence-electron chi connectivity index (χ3n) is 11.2. The summed E-state index contributed by atoms with van der Waals surface area (Å²) in [7, 11) is 0. The van der Waals surface area contributed by atoms with Crippen LogP contribution >= 0.6 is 0 Å². The molecule has 0 radical (unpaired) electrons. The maximum absolute atomic E-state index is 6.49.